The third-order valence-corrected chi connectivity index (χ3v) is 3.38. The lowest BCUT2D eigenvalue weighted by Gasteiger charge is -2.28. The van der Waals surface area contributed by atoms with Crippen molar-refractivity contribution >= 4 is 0 Å². The fourth-order valence-corrected chi connectivity index (χ4v) is 2.40. The van der Waals surface area contributed by atoms with Crippen molar-refractivity contribution in [1.29, 1.82) is 0 Å². The summed E-state index contributed by atoms with van der Waals surface area (Å²) in [5.41, 5.74) is 0.522. The van der Waals surface area contributed by atoms with Gasteiger partial charge < -0.3 is 15.2 Å². The van der Waals surface area contributed by atoms with E-state index >= 15 is 0 Å². The van der Waals surface area contributed by atoms with Crippen LogP contribution in [0.15, 0.2) is 12.1 Å². The molecule has 0 amide bonds. The number of aliphatic hydroxyl groups is 1. The minimum Gasteiger partial charge on any atom is -0.482 e. The molecule has 3 nitrogen and oxygen atoms in total. The second-order valence-electron chi connectivity index (χ2n) is 4.93. The molecule has 1 aromatic carbocycles. The summed E-state index contributed by atoms with van der Waals surface area (Å²) in [4.78, 5) is 0. The first kappa shape index (κ1) is 14.2. The van der Waals surface area contributed by atoms with Crippen molar-refractivity contribution in [2.45, 2.75) is 44.4 Å². The Morgan fingerprint density at radius 3 is 2.47 bits per heavy atom. The molecule has 2 rings (SSSR count). The van der Waals surface area contributed by atoms with Crippen LogP contribution in [0.1, 0.15) is 31.2 Å². The van der Waals surface area contributed by atoms with Gasteiger partial charge in [0, 0.05) is 6.54 Å². The first-order valence-electron chi connectivity index (χ1n) is 6.59. The SMILES string of the molecule is CNCc1cc(F)c(OC2CCCCC2O)c(F)c1. The first-order valence-corrected chi connectivity index (χ1v) is 6.59. The molecule has 0 bridgehead atoms. The van der Waals surface area contributed by atoms with Crippen molar-refractivity contribution in [3.05, 3.63) is 29.3 Å². The van der Waals surface area contributed by atoms with E-state index in [4.69, 9.17) is 4.74 Å². The van der Waals surface area contributed by atoms with Crippen molar-refractivity contribution < 1.29 is 18.6 Å². The van der Waals surface area contributed by atoms with Gasteiger partial charge in [-0.1, -0.05) is 6.42 Å². The topological polar surface area (TPSA) is 41.5 Å². The zero-order valence-corrected chi connectivity index (χ0v) is 11.0. The molecule has 2 unspecified atom stereocenters. The second-order valence-corrected chi connectivity index (χ2v) is 4.93. The number of hydrogen-bond acceptors (Lipinski definition) is 3. The zero-order valence-electron chi connectivity index (χ0n) is 11.0. The highest BCUT2D eigenvalue weighted by atomic mass is 19.1. The summed E-state index contributed by atoms with van der Waals surface area (Å²) in [6.45, 7) is 0.389. The quantitative estimate of drug-likeness (QED) is 0.883. The van der Waals surface area contributed by atoms with Crippen molar-refractivity contribution in [1.82, 2.24) is 5.32 Å². The number of rotatable bonds is 4. The molecule has 19 heavy (non-hydrogen) atoms. The van der Waals surface area contributed by atoms with Crippen LogP contribution < -0.4 is 10.1 Å². The lowest BCUT2D eigenvalue weighted by atomic mass is 9.95. The Labute approximate surface area is 111 Å². The van der Waals surface area contributed by atoms with Crippen LogP contribution in [0.25, 0.3) is 0 Å². The van der Waals surface area contributed by atoms with Gasteiger partial charge in [-0.15, -0.1) is 0 Å². The van der Waals surface area contributed by atoms with Gasteiger partial charge in [0.15, 0.2) is 17.4 Å². The molecule has 0 aromatic heterocycles. The maximum atomic E-state index is 13.8. The van der Waals surface area contributed by atoms with Crippen LogP contribution in [0.5, 0.6) is 5.75 Å². The van der Waals surface area contributed by atoms with E-state index in [2.05, 4.69) is 5.32 Å². The largest absolute Gasteiger partial charge is 0.482 e. The average molecular weight is 271 g/mol. The average Bonchev–Trinajstić information content (AvgIpc) is 2.36. The summed E-state index contributed by atoms with van der Waals surface area (Å²) in [5.74, 6) is -1.82. The second kappa shape index (κ2) is 6.30. The van der Waals surface area contributed by atoms with Gasteiger partial charge in [0.05, 0.1) is 6.10 Å². The van der Waals surface area contributed by atoms with Gasteiger partial charge in [0.1, 0.15) is 6.10 Å². The Kier molecular flexibility index (Phi) is 4.71. The van der Waals surface area contributed by atoms with Gasteiger partial charge in [-0.05, 0) is 44.0 Å². The number of halogens is 2. The summed E-state index contributed by atoms with van der Waals surface area (Å²) in [5, 5.41) is 12.6. The van der Waals surface area contributed by atoms with Gasteiger partial charge in [-0.25, -0.2) is 8.78 Å². The molecule has 1 fully saturated rings. The molecule has 0 radical (unpaired) electrons. The fraction of sp³-hybridized carbons (Fsp3) is 0.571. The molecule has 2 atom stereocenters. The van der Waals surface area contributed by atoms with Gasteiger partial charge in [-0.2, -0.15) is 0 Å². The van der Waals surface area contributed by atoms with Crippen LogP contribution in [0.2, 0.25) is 0 Å². The molecule has 1 aliphatic rings. The minimum absolute atomic E-state index is 0.384. The molecule has 1 aromatic rings. The highest BCUT2D eigenvalue weighted by Crippen LogP contribution is 2.28. The number of benzene rings is 1. The summed E-state index contributed by atoms with van der Waals surface area (Å²) in [6.07, 6.45) is 1.90. The van der Waals surface area contributed by atoms with E-state index < -0.39 is 23.8 Å². The molecule has 1 saturated carbocycles. The molecular weight excluding hydrogens is 252 g/mol. The van der Waals surface area contributed by atoms with Gasteiger partial charge in [-0.3, -0.25) is 0 Å². The Bertz CT molecular complexity index is 416. The molecule has 0 saturated heterocycles. The monoisotopic (exact) mass is 271 g/mol. The van der Waals surface area contributed by atoms with Crippen LogP contribution >= 0.6 is 0 Å². The maximum absolute atomic E-state index is 13.8. The fourth-order valence-electron chi connectivity index (χ4n) is 2.40. The van der Waals surface area contributed by atoms with Crippen LogP contribution in [0, 0.1) is 11.6 Å². The number of ether oxygens (including phenoxy) is 1. The van der Waals surface area contributed by atoms with E-state index in [0.29, 0.717) is 24.9 Å². The first-order chi connectivity index (χ1) is 9.11. The molecule has 106 valence electrons. The van der Waals surface area contributed by atoms with Gasteiger partial charge in [0.2, 0.25) is 0 Å². The smallest absolute Gasteiger partial charge is 0.191 e. The third-order valence-electron chi connectivity index (χ3n) is 3.38. The molecule has 1 aliphatic carbocycles. The molecule has 0 heterocycles. The van der Waals surface area contributed by atoms with Crippen LogP contribution in [0.4, 0.5) is 8.78 Å². The number of hydrogen-bond donors (Lipinski definition) is 2. The molecule has 0 aliphatic heterocycles. The summed E-state index contributed by atoms with van der Waals surface area (Å²) >= 11 is 0. The Morgan fingerprint density at radius 1 is 1.26 bits per heavy atom. The number of aliphatic hydroxyl groups excluding tert-OH is 1. The van der Waals surface area contributed by atoms with Crippen molar-refractivity contribution in [3.63, 3.8) is 0 Å². The lowest BCUT2D eigenvalue weighted by molar-refractivity contribution is 0.00295. The van der Waals surface area contributed by atoms with Crippen molar-refractivity contribution in [2.24, 2.45) is 0 Å². The highest BCUT2D eigenvalue weighted by Gasteiger charge is 2.27. The molecular formula is C14H19F2NO2. The highest BCUT2D eigenvalue weighted by molar-refractivity contribution is 5.31. The summed E-state index contributed by atoms with van der Waals surface area (Å²) < 4.78 is 33.0. The van der Waals surface area contributed by atoms with Crippen molar-refractivity contribution in [2.75, 3.05) is 7.05 Å². The normalized spacial score (nSPS) is 23.4. The van der Waals surface area contributed by atoms with E-state index in [-0.39, 0.29) is 5.75 Å². The van der Waals surface area contributed by atoms with E-state index in [1.807, 2.05) is 0 Å². The van der Waals surface area contributed by atoms with Gasteiger partial charge >= 0.3 is 0 Å². The summed E-state index contributed by atoms with van der Waals surface area (Å²) in [6, 6.07) is 2.51. The van der Waals surface area contributed by atoms with E-state index in [1.54, 1.807) is 7.05 Å². The summed E-state index contributed by atoms with van der Waals surface area (Å²) in [7, 11) is 1.71. The van der Waals surface area contributed by atoms with Crippen LogP contribution in [-0.4, -0.2) is 24.4 Å². The molecule has 2 N–H and O–H groups in total. The van der Waals surface area contributed by atoms with E-state index in [1.165, 1.54) is 12.1 Å². The Hall–Kier alpha value is -1.20. The van der Waals surface area contributed by atoms with Crippen LogP contribution in [-0.2, 0) is 6.54 Å². The van der Waals surface area contributed by atoms with Gasteiger partial charge in [0.25, 0.3) is 0 Å². The predicted octanol–water partition coefficient (Wildman–Crippen LogP) is 2.37. The standard InChI is InChI=1S/C14H19F2NO2/c1-17-8-9-6-10(15)14(11(16)7-9)19-13-5-3-2-4-12(13)18/h6-7,12-13,17-18H,2-5,8H2,1H3. The predicted molar refractivity (Wildman–Crippen MR) is 68.0 cm³/mol. The minimum atomic E-state index is -0.719. The van der Waals surface area contributed by atoms with Crippen molar-refractivity contribution in [3.8, 4) is 5.75 Å². The zero-order chi connectivity index (χ0) is 13.8. The van der Waals surface area contributed by atoms with E-state index in [9.17, 15) is 13.9 Å². The third kappa shape index (κ3) is 3.42. The number of nitrogens with one attached hydrogen (secondary N) is 1. The Morgan fingerprint density at radius 2 is 1.89 bits per heavy atom. The Balaban J connectivity index is 2.15. The van der Waals surface area contributed by atoms with Crippen LogP contribution in [0.3, 0.4) is 0 Å². The maximum Gasteiger partial charge on any atom is 0.191 e. The molecule has 5 heteroatoms. The molecule has 0 spiro atoms. The lowest BCUT2D eigenvalue weighted by Crippen LogP contribution is -2.35. The van der Waals surface area contributed by atoms with E-state index in [0.717, 1.165) is 12.8 Å².